The van der Waals surface area contributed by atoms with Gasteiger partial charge in [-0.05, 0) is 48.4 Å². The van der Waals surface area contributed by atoms with Gasteiger partial charge in [-0.1, -0.05) is 12.1 Å². The highest BCUT2D eigenvalue weighted by Gasteiger charge is 2.17. The molecule has 0 atom stereocenters. The van der Waals surface area contributed by atoms with E-state index in [4.69, 9.17) is 4.74 Å². The molecule has 0 bridgehead atoms. The number of aryl methyl sites for hydroxylation is 1. The van der Waals surface area contributed by atoms with Gasteiger partial charge in [0.25, 0.3) is 0 Å². The number of hydrogen-bond acceptors (Lipinski definition) is 5. The SMILES string of the molecule is O=C(CCc1ccc(Oc2ccc(F)cc2)cc1)c1c(O)cc(O)cc1O. The minimum atomic E-state index is -0.458. The van der Waals surface area contributed by atoms with Crippen molar-refractivity contribution in [2.24, 2.45) is 0 Å². The molecule has 0 unspecified atom stereocenters. The van der Waals surface area contributed by atoms with Gasteiger partial charge in [0.15, 0.2) is 5.78 Å². The second kappa shape index (κ2) is 7.78. The van der Waals surface area contributed by atoms with Gasteiger partial charge in [-0.15, -0.1) is 0 Å². The molecule has 0 aliphatic rings. The molecule has 0 saturated carbocycles. The smallest absolute Gasteiger partial charge is 0.170 e. The molecule has 5 nitrogen and oxygen atoms in total. The van der Waals surface area contributed by atoms with Crippen molar-refractivity contribution < 1.29 is 29.2 Å². The zero-order chi connectivity index (χ0) is 19.4. The molecule has 0 aliphatic heterocycles. The topological polar surface area (TPSA) is 87.0 Å². The van der Waals surface area contributed by atoms with Crippen molar-refractivity contribution in [1.29, 1.82) is 0 Å². The number of benzene rings is 3. The molecule has 0 radical (unpaired) electrons. The standard InChI is InChI=1S/C21H17FO5/c22-14-4-8-17(9-5-14)27-16-6-1-13(2-7-16)3-10-18(24)21-19(25)11-15(23)12-20(21)26/h1-2,4-9,11-12,23,25-26H,3,10H2. The van der Waals surface area contributed by atoms with Gasteiger partial charge in [0.05, 0.1) is 0 Å². The summed E-state index contributed by atoms with van der Waals surface area (Å²) in [7, 11) is 0. The molecule has 27 heavy (non-hydrogen) atoms. The highest BCUT2D eigenvalue weighted by atomic mass is 19.1. The van der Waals surface area contributed by atoms with E-state index in [0.29, 0.717) is 17.9 Å². The Bertz CT molecular complexity index is 926. The number of carbonyl (C=O) groups excluding carboxylic acids is 1. The Morgan fingerprint density at radius 3 is 1.93 bits per heavy atom. The summed E-state index contributed by atoms with van der Waals surface area (Å²) in [5, 5.41) is 28.8. The summed E-state index contributed by atoms with van der Waals surface area (Å²) in [5.41, 5.74) is 0.664. The van der Waals surface area contributed by atoms with Crippen molar-refractivity contribution in [2.45, 2.75) is 12.8 Å². The maximum absolute atomic E-state index is 12.9. The molecule has 3 rings (SSSR count). The number of ether oxygens (including phenoxy) is 1. The first-order chi connectivity index (χ1) is 12.9. The highest BCUT2D eigenvalue weighted by Crippen LogP contribution is 2.33. The number of carbonyl (C=O) groups is 1. The minimum absolute atomic E-state index is 0.0735. The molecule has 3 aromatic carbocycles. The van der Waals surface area contributed by atoms with Crippen molar-refractivity contribution in [2.75, 3.05) is 0 Å². The molecule has 138 valence electrons. The van der Waals surface area contributed by atoms with Gasteiger partial charge in [0.1, 0.15) is 40.1 Å². The number of phenolic OH excluding ortho intramolecular Hbond substituents is 3. The lowest BCUT2D eigenvalue weighted by Gasteiger charge is -2.08. The van der Waals surface area contributed by atoms with Crippen LogP contribution in [0.1, 0.15) is 22.3 Å². The number of hydrogen-bond donors (Lipinski definition) is 3. The normalized spacial score (nSPS) is 10.6. The van der Waals surface area contributed by atoms with E-state index in [1.165, 1.54) is 24.3 Å². The van der Waals surface area contributed by atoms with Crippen LogP contribution >= 0.6 is 0 Å². The second-order valence-electron chi connectivity index (χ2n) is 5.98. The Hall–Kier alpha value is -3.54. The lowest BCUT2D eigenvalue weighted by molar-refractivity contribution is 0.0977. The largest absolute Gasteiger partial charge is 0.508 e. The zero-order valence-electron chi connectivity index (χ0n) is 14.2. The number of phenols is 3. The molecule has 0 aromatic heterocycles. The van der Waals surface area contributed by atoms with Crippen molar-refractivity contribution in [3.05, 3.63) is 77.6 Å². The van der Waals surface area contributed by atoms with E-state index in [2.05, 4.69) is 0 Å². The summed E-state index contributed by atoms with van der Waals surface area (Å²) in [6.07, 6.45) is 0.472. The number of halogens is 1. The average Bonchev–Trinajstić information content (AvgIpc) is 2.62. The summed E-state index contributed by atoms with van der Waals surface area (Å²) >= 11 is 0. The lowest BCUT2D eigenvalue weighted by atomic mass is 10.0. The predicted molar refractivity (Wildman–Crippen MR) is 97.0 cm³/mol. The Morgan fingerprint density at radius 1 is 0.852 bits per heavy atom. The van der Waals surface area contributed by atoms with Crippen molar-refractivity contribution in [3.63, 3.8) is 0 Å². The Labute approximate surface area is 154 Å². The van der Waals surface area contributed by atoms with Gasteiger partial charge in [-0.2, -0.15) is 0 Å². The summed E-state index contributed by atoms with van der Waals surface area (Å²) in [6, 6.07) is 14.7. The third-order valence-electron chi connectivity index (χ3n) is 3.97. The molecular formula is C21H17FO5. The van der Waals surface area contributed by atoms with Gasteiger partial charge >= 0.3 is 0 Å². The monoisotopic (exact) mass is 368 g/mol. The van der Waals surface area contributed by atoms with Gasteiger partial charge in [0, 0.05) is 18.6 Å². The third kappa shape index (κ3) is 4.55. The molecule has 0 heterocycles. The molecule has 3 aromatic rings. The first kappa shape index (κ1) is 18.3. The lowest BCUT2D eigenvalue weighted by Crippen LogP contribution is -2.02. The van der Waals surface area contributed by atoms with E-state index in [0.717, 1.165) is 17.7 Å². The van der Waals surface area contributed by atoms with E-state index < -0.39 is 17.3 Å². The molecule has 0 saturated heterocycles. The molecular weight excluding hydrogens is 351 g/mol. The van der Waals surface area contributed by atoms with Crippen LogP contribution in [0.2, 0.25) is 0 Å². The Balaban J connectivity index is 1.62. The van der Waals surface area contributed by atoms with Crippen LogP contribution in [-0.2, 0) is 6.42 Å². The summed E-state index contributed by atoms with van der Waals surface area (Å²) in [4.78, 5) is 12.2. The van der Waals surface area contributed by atoms with Crippen LogP contribution in [-0.4, -0.2) is 21.1 Å². The van der Waals surface area contributed by atoms with Crippen LogP contribution in [0.3, 0.4) is 0 Å². The Kier molecular flexibility index (Phi) is 5.26. The Morgan fingerprint density at radius 2 is 1.37 bits per heavy atom. The maximum atomic E-state index is 12.9. The predicted octanol–water partition coefficient (Wildman–Crippen LogP) is 4.55. The van der Waals surface area contributed by atoms with Gasteiger partial charge in [-0.3, -0.25) is 4.79 Å². The number of rotatable bonds is 6. The molecule has 0 aliphatic carbocycles. The third-order valence-corrected chi connectivity index (χ3v) is 3.97. The number of ketones is 1. The summed E-state index contributed by atoms with van der Waals surface area (Å²) in [6.45, 7) is 0. The van der Waals surface area contributed by atoms with E-state index in [1.54, 1.807) is 24.3 Å². The molecule has 3 N–H and O–H groups in total. The zero-order valence-corrected chi connectivity index (χ0v) is 14.2. The first-order valence-corrected chi connectivity index (χ1v) is 8.23. The van der Waals surface area contributed by atoms with Crippen LogP contribution in [0.15, 0.2) is 60.7 Å². The van der Waals surface area contributed by atoms with Crippen molar-refractivity contribution in [3.8, 4) is 28.7 Å². The van der Waals surface area contributed by atoms with Crippen LogP contribution in [0.4, 0.5) is 4.39 Å². The average molecular weight is 368 g/mol. The first-order valence-electron chi connectivity index (χ1n) is 8.23. The molecule has 0 fully saturated rings. The fourth-order valence-corrected chi connectivity index (χ4v) is 2.63. The van der Waals surface area contributed by atoms with Crippen LogP contribution < -0.4 is 4.74 Å². The highest BCUT2D eigenvalue weighted by molar-refractivity contribution is 6.01. The fraction of sp³-hybridized carbons (Fsp3) is 0.0952. The number of aromatic hydroxyl groups is 3. The summed E-state index contributed by atoms with van der Waals surface area (Å²) < 4.78 is 18.5. The van der Waals surface area contributed by atoms with Crippen molar-refractivity contribution >= 4 is 5.78 Å². The van der Waals surface area contributed by atoms with Crippen LogP contribution in [0, 0.1) is 5.82 Å². The number of Topliss-reactive ketones (excluding diaryl/α,β-unsaturated/α-hetero) is 1. The minimum Gasteiger partial charge on any atom is -0.508 e. The van der Waals surface area contributed by atoms with E-state index in [1.807, 2.05) is 0 Å². The van der Waals surface area contributed by atoms with Crippen molar-refractivity contribution in [1.82, 2.24) is 0 Å². The van der Waals surface area contributed by atoms with Gasteiger partial charge in [-0.25, -0.2) is 4.39 Å². The van der Waals surface area contributed by atoms with Crippen LogP contribution in [0.5, 0.6) is 28.7 Å². The quantitative estimate of drug-likeness (QED) is 0.556. The molecule has 0 spiro atoms. The van der Waals surface area contributed by atoms with Gasteiger partial charge < -0.3 is 20.1 Å². The fourth-order valence-electron chi connectivity index (χ4n) is 2.63. The van der Waals surface area contributed by atoms with Gasteiger partial charge in [0.2, 0.25) is 0 Å². The molecule has 6 heteroatoms. The molecule has 0 amide bonds. The van der Waals surface area contributed by atoms with E-state index in [9.17, 15) is 24.5 Å². The van der Waals surface area contributed by atoms with E-state index in [-0.39, 0.29) is 23.6 Å². The summed E-state index contributed by atoms with van der Waals surface area (Å²) in [5.74, 6) is -0.924. The van der Waals surface area contributed by atoms with E-state index >= 15 is 0 Å². The maximum Gasteiger partial charge on any atom is 0.170 e. The van der Waals surface area contributed by atoms with Crippen LogP contribution in [0.25, 0.3) is 0 Å². The second-order valence-corrected chi connectivity index (χ2v) is 5.98.